The van der Waals surface area contributed by atoms with E-state index in [4.69, 9.17) is 4.74 Å². The number of aryl methyl sites for hydroxylation is 1. The van der Waals surface area contributed by atoms with E-state index in [0.717, 1.165) is 38.2 Å². The van der Waals surface area contributed by atoms with Gasteiger partial charge < -0.3 is 10.1 Å². The predicted molar refractivity (Wildman–Crippen MR) is 79.0 cm³/mol. The minimum atomic E-state index is -2.31. The summed E-state index contributed by atoms with van der Waals surface area (Å²) in [6.45, 7) is 5.45. The molecular formula is C15H24F2N4O. The molecule has 1 aromatic heterocycles. The van der Waals surface area contributed by atoms with Gasteiger partial charge in [-0.3, -0.25) is 9.58 Å². The van der Waals surface area contributed by atoms with E-state index in [1.807, 2.05) is 28.8 Å². The second-order valence-corrected chi connectivity index (χ2v) is 6.22. The van der Waals surface area contributed by atoms with E-state index in [1.165, 1.54) is 0 Å². The molecule has 2 saturated heterocycles. The lowest BCUT2D eigenvalue weighted by Crippen LogP contribution is -2.57. The average Bonchev–Trinajstić information content (AvgIpc) is 2.96. The Morgan fingerprint density at radius 2 is 2.23 bits per heavy atom. The Balaban J connectivity index is 1.79. The molecule has 1 aromatic rings. The lowest BCUT2D eigenvalue weighted by atomic mass is 9.89. The summed E-state index contributed by atoms with van der Waals surface area (Å²) in [5.41, 5.74) is 0.526. The van der Waals surface area contributed by atoms with Gasteiger partial charge in [-0.25, -0.2) is 8.78 Å². The van der Waals surface area contributed by atoms with Gasteiger partial charge in [0, 0.05) is 25.8 Å². The molecule has 7 heteroatoms. The summed E-state index contributed by atoms with van der Waals surface area (Å²) in [7, 11) is 0. The van der Waals surface area contributed by atoms with Gasteiger partial charge in [0.2, 0.25) is 0 Å². The van der Waals surface area contributed by atoms with Crippen LogP contribution in [0.4, 0.5) is 8.78 Å². The predicted octanol–water partition coefficient (Wildman–Crippen LogP) is 1.66. The quantitative estimate of drug-likeness (QED) is 0.918. The molecule has 3 heterocycles. The van der Waals surface area contributed by atoms with Crippen LogP contribution in [0.2, 0.25) is 0 Å². The molecule has 2 aliphatic heterocycles. The minimum absolute atomic E-state index is 0.191. The van der Waals surface area contributed by atoms with Gasteiger partial charge in [-0.15, -0.1) is 0 Å². The number of nitrogens with zero attached hydrogens (tertiary/aromatic N) is 3. The highest BCUT2D eigenvalue weighted by Crippen LogP contribution is 2.36. The normalized spacial score (nSPS) is 25.9. The Kier molecular flexibility index (Phi) is 4.75. The van der Waals surface area contributed by atoms with E-state index < -0.39 is 6.43 Å². The molecule has 1 spiro atoms. The first kappa shape index (κ1) is 15.8. The van der Waals surface area contributed by atoms with Crippen molar-refractivity contribution < 1.29 is 13.5 Å². The number of morpholine rings is 1. The molecule has 1 atom stereocenters. The van der Waals surface area contributed by atoms with Gasteiger partial charge in [-0.2, -0.15) is 5.10 Å². The number of aromatic nitrogens is 2. The van der Waals surface area contributed by atoms with E-state index in [1.54, 1.807) is 0 Å². The highest BCUT2D eigenvalue weighted by molar-refractivity contribution is 5.08. The fraction of sp³-hybridized carbons (Fsp3) is 0.800. The van der Waals surface area contributed by atoms with Crippen LogP contribution < -0.4 is 5.32 Å². The van der Waals surface area contributed by atoms with Gasteiger partial charge in [0.25, 0.3) is 6.43 Å². The van der Waals surface area contributed by atoms with Gasteiger partial charge in [-0.05, 0) is 38.9 Å². The standard InChI is InChI=1S/C15H24F2N4O/c1-2-21-8-3-12(19-21)13-9-20(10-14(16)17)11-15(22-13)4-6-18-7-5-15/h3,8,13-14,18H,2,4-7,9-11H2,1H3. The van der Waals surface area contributed by atoms with Crippen LogP contribution in [-0.4, -0.2) is 59.4 Å². The molecule has 0 amide bonds. The third-order valence-corrected chi connectivity index (χ3v) is 4.55. The highest BCUT2D eigenvalue weighted by atomic mass is 19.3. The molecule has 22 heavy (non-hydrogen) atoms. The van der Waals surface area contributed by atoms with Crippen molar-refractivity contribution in [1.29, 1.82) is 0 Å². The molecule has 0 aromatic carbocycles. The average molecular weight is 314 g/mol. The topological polar surface area (TPSA) is 42.3 Å². The molecule has 1 N–H and O–H groups in total. The molecule has 124 valence electrons. The van der Waals surface area contributed by atoms with E-state index in [-0.39, 0.29) is 18.2 Å². The molecule has 0 radical (unpaired) electrons. The molecule has 5 nitrogen and oxygen atoms in total. The SMILES string of the molecule is CCn1ccc(C2CN(CC(F)F)CC3(CCNCC3)O2)n1. The second kappa shape index (κ2) is 6.60. The molecule has 2 aliphatic rings. The third kappa shape index (κ3) is 3.47. The number of ether oxygens (including phenoxy) is 1. The van der Waals surface area contributed by atoms with Crippen molar-refractivity contribution in [2.75, 3.05) is 32.7 Å². The Morgan fingerprint density at radius 1 is 1.45 bits per heavy atom. The summed E-state index contributed by atoms with van der Waals surface area (Å²) in [6.07, 6.45) is 1.10. The first-order valence-electron chi connectivity index (χ1n) is 8.03. The number of rotatable bonds is 4. The minimum Gasteiger partial charge on any atom is -0.363 e. The Labute approximate surface area is 129 Å². The summed E-state index contributed by atoms with van der Waals surface area (Å²) >= 11 is 0. The van der Waals surface area contributed by atoms with Crippen molar-refractivity contribution in [3.8, 4) is 0 Å². The molecule has 3 rings (SSSR count). The van der Waals surface area contributed by atoms with Crippen molar-refractivity contribution in [3.05, 3.63) is 18.0 Å². The van der Waals surface area contributed by atoms with Crippen LogP contribution >= 0.6 is 0 Å². The van der Waals surface area contributed by atoms with Gasteiger partial charge in [0.1, 0.15) is 6.10 Å². The number of piperidine rings is 1. The number of hydrogen-bond acceptors (Lipinski definition) is 4. The number of halogens is 2. The highest BCUT2D eigenvalue weighted by Gasteiger charge is 2.43. The lowest BCUT2D eigenvalue weighted by molar-refractivity contribution is -0.175. The van der Waals surface area contributed by atoms with Gasteiger partial charge in [-0.1, -0.05) is 0 Å². The van der Waals surface area contributed by atoms with Crippen LogP contribution in [0.1, 0.15) is 31.6 Å². The second-order valence-electron chi connectivity index (χ2n) is 6.22. The van der Waals surface area contributed by atoms with Crippen molar-refractivity contribution in [2.45, 2.75) is 44.4 Å². The van der Waals surface area contributed by atoms with E-state index in [0.29, 0.717) is 13.1 Å². The first-order valence-corrected chi connectivity index (χ1v) is 8.03. The van der Waals surface area contributed by atoms with Gasteiger partial charge >= 0.3 is 0 Å². The molecular weight excluding hydrogens is 290 g/mol. The van der Waals surface area contributed by atoms with Gasteiger partial charge in [0.15, 0.2) is 0 Å². The molecule has 0 aliphatic carbocycles. The van der Waals surface area contributed by atoms with Crippen molar-refractivity contribution in [1.82, 2.24) is 20.0 Å². The summed E-state index contributed by atoms with van der Waals surface area (Å²) in [6, 6.07) is 1.94. The Morgan fingerprint density at radius 3 is 2.86 bits per heavy atom. The van der Waals surface area contributed by atoms with E-state index in [9.17, 15) is 8.78 Å². The summed E-state index contributed by atoms with van der Waals surface area (Å²) in [5, 5.41) is 7.82. The van der Waals surface area contributed by atoms with Crippen LogP contribution in [0.15, 0.2) is 12.3 Å². The lowest BCUT2D eigenvalue weighted by Gasteiger charge is -2.48. The van der Waals surface area contributed by atoms with Crippen LogP contribution in [-0.2, 0) is 11.3 Å². The van der Waals surface area contributed by atoms with Crippen LogP contribution in [0, 0.1) is 0 Å². The largest absolute Gasteiger partial charge is 0.363 e. The maximum absolute atomic E-state index is 12.8. The van der Waals surface area contributed by atoms with Crippen LogP contribution in [0.5, 0.6) is 0 Å². The fourth-order valence-corrected chi connectivity index (χ4v) is 3.45. The van der Waals surface area contributed by atoms with Crippen molar-refractivity contribution in [3.63, 3.8) is 0 Å². The van der Waals surface area contributed by atoms with Crippen molar-refractivity contribution >= 4 is 0 Å². The van der Waals surface area contributed by atoms with Crippen LogP contribution in [0.25, 0.3) is 0 Å². The smallest absolute Gasteiger partial charge is 0.251 e. The monoisotopic (exact) mass is 314 g/mol. The number of hydrogen-bond donors (Lipinski definition) is 1. The number of alkyl halides is 2. The first-order chi connectivity index (χ1) is 10.6. The van der Waals surface area contributed by atoms with E-state index in [2.05, 4.69) is 10.4 Å². The molecule has 0 saturated carbocycles. The summed E-state index contributed by atoms with van der Waals surface area (Å²) in [5.74, 6) is 0. The Bertz CT molecular complexity index is 488. The fourth-order valence-electron chi connectivity index (χ4n) is 3.45. The zero-order valence-electron chi connectivity index (χ0n) is 13.0. The summed E-state index contributed by atoms with van der Waals surface area (Å²) < 4.78 is 33.9. The van der Waals surface area contributed by atoms with Crippen molar-refractivity contribution in [2.24, 2.45) is 0 Å². The molecule has 2 fully saturated rings. The maximum atomic E-state index is 12.8. The molecule has 1 unspecified atom stereocenters. The number of nitrogens with one attached hydrogen (secondary N) is 1. The zero-order valence-corrected chi connectivity index (χ0v) is 13.0. The Hall–Kier alpha value is -1.05. The summed E-state index contributed by atoms with van der Waals surface area (Å²) in [4.78, 5) is 1.84. The van der Waals surface area contributed by atoms with Crippen LogP contribution in [0.3, 0.4) is 0 Å². The zero-order chi connectivity index (χ0) is 15.6. The van der Waals surface area contributed by atoms with E-state index >= 15 is 0 Å². The van der Waals surface area contributed by atoms with Gasteiger partial charge in [0.05, 0.1) is 17.8 Å². The third-order valence-electron chi connectivity index (χ3n) is 4.55. The molecule has 0 bridgehead atoms. The maximum Gasteiger partial charge on any atom is 0.251 e.